The molecule has 0 heterocycles. The molecule has 4 nitrogen and oxygen atoms in total. The highest BCUT2D eigenvalue weighted by Crippen LogP contribution is 2.40. The van der Waals surface area contributed by atoms with Gasteiger partial charge >= 0.3 is 5.97 Å². The van der Waals surface area contributed by atoms with Gasteiger partial charge in [-0.15, -0.1) is 13.2 Å². The highest BCUT2D eigenvalue weighted by Gasteiger charge is 2.49. The summed E-state index contributed by atoms with van der Waals surface area (Å²) in [7, 11) is 0. The minimum Gasteiger partial charge on any atom is -0.481 e. The smallest absolute Gasteiger partial charge is 0.307 e. The Balaban J connectivity index is 2.54. The van der Waals surface area contributed by atoms with Gasteiger partial charge in [-0.25, -0.2) is 0 Å². The fourth-order valence-corrected chi connectivity index (χ4v) is 1.54. The molecule has 0 aromatic carbocycles. The first-order chi connectivity index (χ1) is 7.11. The molecule has 0 spiro atoms. The lowest BCUT2D eigenvalue weighted by molar-refractivity contribution is -0.141. The van der Waals surface area contributed by atoms with Crippen molar-refractivity contribution in [3.8, 4) is 0 Å². The number of carbonyl (C=O) groups excluding carboxylic acids is 1. The molecule has 0 aromatic heterocycles. The minimum absolute atomic E-state index is 0.109. The van der Waals surface area contributed by atoms with Crippen molar-refractivity contribution < 1.29 is 14.7 Å². The fraction of sp³-hybridized carbons (Fsp3) is 0.455. The molecular formula is C11H15NO3. The number of carboxylic acids is 1. The van der Waals surface area contributed by atoms with Crippen LogP contribution in [0.15, 0.2) is 25.3 Å². The number of nitrogens with zero attached hydrogens (tertiary/aromatic N) is 1. The molecule has 1 aliphatic rings. The van der Waals surface area contributed by atoms with Crippen molar-refractivity contribution in [2.75, 3.05) is 13.1 Å². The van der Waals surface area contributed by atoms with Crippen LogP contribution >= 0.6 is 0 Å². The minimum atomic E-state index is -0.884. The Bertz CT molecular complexity index is 288. The van der Waals surface area contributed by atoms with Crippen LogP contribution in [0.4, 0.5) is 0 Å². The van der Waals surface area contributed by atoms with E-state index in [1.165, 1.54) is 0 Å². The van der Waals surface area contributed by atoms with Crippen LogP contribution in [0.25, 0.3) is 0 Å². The van der Waals surface area contributed by atoms with E-state index in [1.807, 2.05) is 0 Å². The normalized spacial score (nSPS) is 22.9. The summed E-state index contributed by atoms with van der Waals surface area (Å²) in [6.07, 6.45) is 3.71. The molecule has 4 heteroatoms. The number of hydrogen-bond donors (Lipinski definition) is 1. The summed E-state index contributed by atoms with van der Waals surface area (Å²) in [6.45, 7) is 7.99. The van der Waals surface area contributed by atoms with Gasteiger partial charge < -0.3 is 10.0 Å². The monoisotopic (exact) mass is 209 g/mol. The number of carbonyl (C=O) groups is 2. The molecule has 1 amide bonds. The van der Waals surface area contributed by atoms with Gasteiger partial charge in [0.25, 0.3) is 0 Å². The summed E-state index contributed by atoms with van der Waals surface area (Å²) in [5, 5.41) is 8.70. The SMILES string of the molecule is C=CCN(CC=C)C(=O)[C@@H]1C[C@@H]1C(=O)O. The summed E-state index contributed by atoms with van der Waals surface area (Å²) >= 11 is 0. The predicted octanol–water partition coefficient (Wildman–Crippen LogP) is 0.908. The summed E-state index contributed by atoms with van der Waals surface area (Å²) in [4.78, 5) is 23.9. The van der Waals surface area contributed by atoms with Gasteiger partial charge in [-0.3, -0.25) is 9.59 Å². The Labute approximate surface area is 88.9 Å². The highest BCUT2D eigenvalue weighted by atomic mass is 16.4. The average molecular weight is 209 g/mol. The average Bonchev–Trinajstić information content (AvgIpc) is 2.96. The Morgan fingerprint density at radius 2 is 1.80 bits per heavy atom. The molecule has 0 bridgehead atoms. The Morgan fingerprint density at radius 3 is 2.13 bits per heavy atom. The number of aliphatic carboxylic acids is 1. The predicted molar refractivity (Wildman–Crippen MR) is 56.2 cm³/mol. The van der Waals surface area contributed by atoms with Gasteiger partial charge in [0, 0.05) is 13.1 Å². The van der Waals surface area contributed by atoms with Crippen LogP contribution < -0.4 is 0 Å². The first-order valence-corrected chi connectivity index (χ1v) is 4.85. The molecular weight excluding hydrogens is 194 g/mol. The zero-order valence-electron chi connectivity index (χ0n) is 8.56. The molecule has 1 N–H and O–H groups in total. The van der Waals surface area contributed by atoms with Crippen molar-refractivity contribution in [3.63, 3.8) is 0 Å². The van der Waals surface area contributed by atoms with E-state index < -0.39 is 11.9 Å². The summed E-state index contributed by atoms with van der Waals surface area (Å²) in [5.74, 6) is -1.83. The van der Waals surface area contributed by atoms with Gasteiger partial charge in [-0.2, -0.15) is 0 Å². The van der Waals surface area contributed by atoms with Crippen LogP contribution in [0, 0.1) is 11.8 Å². The summed E-state index contributed by atoms with van der Waals surface area (Å²) < 4.78 is 0. The molecule has 0 saturated heterocycles. The lowest BCUT2D eigenvalue weighted by atomic mass is 10.2. The van der Waals surface area contributed by atoms with E-state index in [4.69, 9.17) is 5.11 Å². The van der Waals surface area contributed by atoms with Gasteiger partial charge in [0.1, 0.15) is 0 Å². The van der Waals surface area contributed by atoms with E-state index in [2.05, 4.69) is 13.2 Å². The molecule has 1 aliphatic carbocycles. The Kier molecular flexibility index (Phi) is 3.66. The summed E-state index contributed by atoms with van der Waals surface area (Å²) in [5.41, 5.74) is 0. The van der Waals surface area contributed by atoms with Gasteiger partial charge in [-0.1, -0.05) is 12.2 Å². The van der Waals surface area contributed by atoms with Crippen LogP contribution in [0.1, 0.15) is 6.42 Å². The third kappa shape index (κ3) is 2.68. The van der Waals surface area contributed by atoms with E-state index in [-0.39, 0.29) is 11.8 Å². The maximum Gasteiger partial charge on any atom is 0.307 e. The number of hydrogen-bond acceptors (Lipinski definition) is 2. The Morgan fingerprint density at radius 1 is 1.27 bits per heavy atom. The molecule has 2 atom stereocenters. The van der Waals surface area contributed by atoms with Crippen molar-refractivity contribution in [1.29, 1.82) is 0 Å². The number of amides is 1. The number of carboxylic acid groups (broad SMARTS) is 1. The highest BCUT2D eigenvalue weighted by molar-refractivity contribution is 5.89. The zero-order chi connectivity index (χ0) is 11.4. The van der Waals surface area contributed by atoms with Gasteiger partial charge in [0.15, 0.2) is 0 Å². The van der Waals surface area contributed by atoms with Gasteiger partial charge in [0.05, 0.1) is 11.8 Å². The molecule has 1 fully saturated rings. The maximum absolute atomic E-state index is 11.8. The van der Waals surface area contributed by atoms with E-state index in [9.17, 15) is 9.59 Å². The van der Waals surface area contributed by atoms with E-state index in [0.29, 0.717) is 19.5 Å². The first kappa shape index (κ1) is 11.5. The van der Waals surface area contributed by atoms with Crippen LogP contribution in [-0.4, -0.2) is 35.0 Å². The fourth-order valence-electron chi connectivity index (χ4n) is 1.54. The second-order valence-electron chi connectivity index (χ2n) is 3.61. The maximum atomic E-state index is 11.8. The van der Waals surface area contributed by atoms with Gasteiger partial charge in [0.2, 0.25) is 5.91 Å². The third-order valence-electron chi connectivity index (χ3n) is 2.44. The lowest BCUT2D eigenvalue weighted by Crippen LogP contribution is -2.33. The van der Waals surface area contributed by atoms with E-state index in [0.717, 1.165) is 0 Å². The molecule has 1 saturated carbocycles. The van der Waals surface area contributed by atoms with Crippen molar-refractivity contribution >= 4 is 11.9 Å². The summed E-state index contributed by atoms with van der Waals surface area (Å²) in [6, 6.07) is 0. The molecule has 15 heavy (non-hydrogen) atoms. The first-order valence-electron chi connectivity index (χ1n) is 4.85. The lowest BCUT2D eigenvalue weighted by Gasteiger charge is -2.18. The Hall–Kier alpha value is -1.58. The van der Waals surface area contributed by atoms with Gasteiger partial charge in [-0.05, 0) is 6.42 Å². The standard InChI is InChI=1S/C11H15NO3/c1-3-5-12(6-4-2)10(13)8-7-9(8)11(14)15/h3-4,8-9H,1-2,5-7H2,(H,14,15)/t8-,9+/m1/s1. The van der Waals surface area contributed by atoms with Crippen molar-refractivity contribution in [3.05, 3.63) is 25.3 Å². The second-order valence-corrected chi connectivity index (χ2v) is 3.61. The van der Waals surface area contributed by atoms with E-state index in [1.54, 1.807) is 17.1 Å². The van der Waals surface area contributed by atoms with Crippen LogP contribution in [0.5, 0.6) is 0 Å². The topological polar surface area (TPSA) is 57.6 Å². The van der Waals surface area contributed by atoms with Crippen LogP contribution in [0.3, 0.4) is 0 Å². The molecule has 0 aromatic rings. The molecule has 0 aliphatic heterocycles. The molecule has 82 valence electrons. The quantitative estimate of drug-likeness (QED) is 0.661. The molecule has 0 radical (unpaired) electrons. The van der Waals surface area contributed by atoms with Crippen molar-refractivity contribution in [1.82, 2.24) is 4.90 Å². The van der Waals surface area contributed by atoms with Crippen molar-refractivity contribution in [2.45, 2.75) is 6.42 Å². The van der Waals surface area contributed by atoms with Crippen LogP contribution in [0.2, 0.25) is 0 Å². The third-order valence-corrected chi connectivity index (χ3v) is 2.44. The largest absolute Gasteiger partial charge is 0.481 e. The van der Waals surface area contributed by atoms with Crippen LogP contribution in [-0.2, 0) is 9.59 Å². The number of rotatable bonds is 6. The zero-order valence-corrected chi connectivity index (χ0v) is 8.56. The molecule has 0 unspecified atom stereocenters. The second kappa shape index (κ2) is 4.77. The van der Waals surface area contributed by atoms with Crippen molar-refractivity contribution in [2.24, 2.45) is 11.8 Å². The van der Waals surface area contributed by atoms with E-state index >= 15 is 0 Å². The molecule has 1 rings (SSSR count).